The number of hydrogen-bond donors (Lipinski definition) is 2. The Labute approximate surface area is 107 Å². The Balaban J connectivity index is 2.16. The molecule has 1 saturated heterocycles. The second-order valence-corrected chi connectivity index (χ2v) is 4.97. The maximum Gasteiger partial charge on any atom is 0.254 e. The largest absolute Gasteiger partial charge is 0.399 e. The average Bonchev–Trinajstić information content (AvgIpc) is 2.30. The fraction of sp³-hybridized carbons (Fsp3) is 0.462. The van der Waals surface area contributed by atoms with E-state index in [2.05, 4.69) is 18.9 Å². The second-order valence-electron chi connectivity index (χ2n) is 4.97. The zero-order valence-electron chi connectivity index (χ0n) is 10.9. The summed E-state index contributed by atoms with van der Waals surface area (Å²) in [7, 11) is 2.07. The van der Waals surface area contributed by atoms with Crippen molar-refractivity contribution in [1.29, 1.82) is 0 Å². The van der Waals surface area contributed by atoms with Crippen LogP contribution < -0.4 is 11.5 Å². The third-order valence-electron chi connectivity index (χ3n) is 3.47. The maximum absolute atomic E-state index is 12.4. The van der Waals surface area contributed by atoms with Crippen LogP contribution in [0.5, 0.6) is 0 Å². The lowest BCUT2D eigenvalue weighted by atomic mass is 10.1. The second kappa shape index (κ2) is 4.86. The molecule has 1 atom stereocenters. The van der Waals surface area contributed by atoms with Crippen molar-refractivity contribution in [1.82, 2.24) is 9.80 Å². The number of amides is 1. The summed E-state index contributed by atoms with van der Waals surface area (Å²) in [5, 5.41) is 0. The number of piperazine rings is 1. The zero-order valence-corrected chi connectivity index (χ0v) is 10.9. The smallest absolute Gasteiger partial charge is 0.254 e. The van der Waals surface area contributed by atoms with Crippen LogP contribution in [0.2, 0.25) is 0 Å². The first kappa shape index (κ1) is 12.7. The number of rotatable bonds is 1. The molecule has 0 saturated carbocycles. The summed E-state index contributed by atoms with van der Waals surface area (Å²) in [4.78, 5) is 16.5. The van der Waals surface area contributed by atoms with E-state index in [0.29, 0.717) is 23.0 Å². The van der Waals surface area contributed by atoms with Gasteiger partial charge in [0.2, 0.25) is 0 Å². The lowest BCUT2D eigenvalue weighted by Crippen LogP contribution is -2.52. The first-order valence-electron chi connectivity index (χ1n) is 6.13. The Hall–Kier alpha value is -1.75. The molecule has 1 aromatic carbocycles. The number of hydrogen-bond acceptors (Lipinski definition) is 4. The molecule has 0 aromatic heterocycles. The summed E-state index contributed by atoms with van der Waals surface area (Å²) >= 11 is 0. The van der Waals surface area contributed by atoms with Crippen molar-refractivity contribution in [2.45, 2.75) is 13.0 Å². The van der Waals surface area contributed by atoms with Gasteiger partial charge in [-0.2, -0.15) is 0 Å². The van der Waals surface area contributed by atoms with E-state index in [0.717, 1.165) is 19.6 Å². The van der Waals surface area contributed by atoms with Crippen LogP contribution in [0.15, 0.2) is 18.2 Å². The highest BCUT2D eigenvalue weighted by molar-refractivity contribution is 5.96. The van der Waals surface area contributed by atoms with Gasteiger partial charge in [-0.3, -0.25) is 4.79 Å². The van der Waals surface area contributed by atoms with E-state index >= 15 is 0 Å². The van der Waals surface area contributed by atoms with Crippen LogP contribution in [0, 0.1) is 0 Å². The number of benzene rings is 1. The number of carbonyl (C=O) groups excluding carboxylic acids is 1. The van der Waals surface area contributed by atoms with Crippen LogP contribution in [-0.4, -0.2) is 48.4 Å². The lowest BCUT2D eigenvalue weighted by molar-refractivity contribution is 0.0572. The van der Waals surface area contributed by atoms with Gasteiger partial charge in [0.15, 0.2) is 0 Å². The summed E-state index contributed by atoms with van der Waals surface area (Å²) in [5.41, 5.74) is 13.1. The summed E-state index contributed by atoms with van der Waals surface area (Å²) in [6.45, 7) is 4.50. The molecule has 1 aliphatic heterocycles. The van der Waals surface area contributed by atoms with Gasteiger partial charge in [0.05, 0.1) is 0 Å². The molecule has 1 aliphatic rings. The van der Waals surface area contributed by atoms with Gasteiger partial charge in [0.25, 0.3) is 5.91 Å². The van der Waals surface area contributed by atoms with Crippen LogP contribution in [-0.2, 0) is 0 Å². The Morgan fingerprint density at radius 2 is 1.83 bits per heavy atom. The highest BCUT2D eigenvalue weighted by atomic mass is 16.2. The molecule has 5 nitrogen and oxygen atoms in total. The number of carbonyl (C=O) groups is 1. The van der Waals surface area contributed by atoms with Gasteiger partial charge in [-0.1, -0.05) is 0 Å². The van der Waals surface area contributed by atoms with Gasteiger partial charge in [0.1, 0.15) is 0 Å². The minimum absolute atomic E-state index is 0.00829. The number of likely N-dealkylation sites (N-methyl/N-ethyl adjacent to an activating group) is 1. The molecular weight excluding hydrogens is 228 g/mol. The van der Waals surface area contributed by atoms with E-state index in [1.165, 1.54) is 0 Å². The first-order chi connectivity index (χ1) is 8.47. The molecule has 0 aliphatic carbocycles. The Morgan fingerprint density at radius 3 is 2.39 bits per heavy atom. The zero-order chi connectivity index (χ0) is 13.3. The molecule has 1 amide bonds. The normalized spacial score (nSPS) is 21.0. The number of nitrogens with two attached hydrogens (primary N) is 2. The molecule has 0 spiro atoms. The SMILES string of the molecule is CC1CN(C(=O)c2cc(N)cc(N)c2)CCN1C. The van der Waals surface area contributed by atoms with Crippen LogP contribution >= 0.6 is 0 Å². The minimum atomic E-state index is 0.00829. The highest BCUT2D eigenvalue weighted by Crippen LogP contribution is 2.17. The van der Waals surface area contributed by atoms with Crippen LogP contribution in [0.4, 0.5) is 11.4 Å². The van der Waals surface area contributed by atoms with E-state index in [-0.39, 0.29) is 5.91 Å². The van der Waals surface area contributed by atoms with Gasteiger partial charge < -0.3 is 21.3 Å². The van der Waals surface area contributed by atoms with E-state index in [9.17, 15) is 4.79 Å². The van der Waals surface area contributed by atoms with Gasteiger partial charge in [-0.05, 0) is 32.2 Å². The fourth-order valence-electron chi connectivity index (χ4n) is 2.22. The predicted octanol–water partition coefficient (Wildman–Crippen LogP) is 0.627. The summed E-state index contributed by atoms with van der Waals surface area (Å²) in [5.74, 6) is 0.00829. The van der Waals surface area contributed by atoms with E-state index in [1.54, 1.807) is 18.2 Å². The molecule has 5 heteroatoms. The molecular formula is C13H20N4O. The number of anilines is 2. The molecule has 2 rings (SSSR count). The molecule has 4 N–H and O–H groups in total. The van der Waals surface area contributed by atoms with Crippen LogP contribution in [0.25, 0.3) is 0 Å². The third kappa shape index (κ3) is 2.56. The van der Waals surface area contributed by atoms with Crippen molar-refractivity contribution in [3.05, 3.63) is 23.8 Å². The standard InChI is InChI=1S/C13H20N4O/c1-9-8-17(4-3-16(9)2)13(18)10-5-11(14)7-12(15)6-10/h5-7,9H,3-4,8,14-15H2,1-2H3. The van der Waals surface area contributed by atoms with Crippen molar-refractivity contribution in [3.63, 3.8) is 0 Å². The van der Waals surface area contributed by atoms with Crippen molar-refractivity contribution in [2.24, 2.45) is 0 Å². The van der Waals surface area contributed by atoms with E-state index in [4.69, 9.17) is 11.5 Å². The van der Waals surface area contributed by atoms with Gasteiger partial charge in [0, 0.05) is 42.6 Å². The molecule has 1 fully saturated rings. The van der Waals surface area contributed by atoms with E-state index in [1.807, 2.05) is 4.90 Å². The minimum Gasteiger partial charge on any atom is -0.399 e. The van der Waals surface area contributed by atoms with Gasteiger partial charge in [-0.15, -0.1) is 0 Å². The molecule has 1 unspecified atom stereocenters. The lowest BCUT2D eigenvalue weighted by Gasteiger charge is -2.37. The summed E-state index contributed by atoms with van der Waals surface area (Å²) < 4.78 is 0. The van der Waals surface area contributed by atoms with Gasteiger partial charge in [-0.25, -0.2) is 0 Å². The quantitative estimate of drug-likeness (QED) is 0.715. The summed E-state index contributed by atoms with van der Waals surface area (Å²) in [6.07, 6.45) is 0. The summed E-state index contributed by atoms with van der Waals surface area (Å²) in [6, 6.07) is 5.40. The van der Waals surface area contributed by atoms with Crippen LogP contribution in [0.3, 0.4) is 0 Å². The molecule has 1 heterocycles. The van der Waals surface area contributed by atoms with Crippen LogP contribution in [0.1, 0.15) is 17.3 Å². The van der Waals surface area contributed by atoms with E-state index < -0.39 is 0 Å². The fourth-order valence-corrected chi connectivity index (χ4v) is 2.22. The van der Waals surface area contributed by atoms with Gasteiger partial charge >= 0.3 is 0 Å². The molecule has 98 valence electrons. The van der Waals surface area contributed by atoms with Crippen molar-refractivity contribution < 1.29 is 4.79 Å². The molecule has 0 bridgehead atoms. The third-order valence-corrected chi connectivity index (χ3v) is 3.47. The molecule has 18 heavy (non-hydrogen) atoms. The Kier molecular flexibility index (Phi) is 3.43. The first-order valence-corrected chi connectivity index (χ1v) is 6.13. The monoisotopic (exact) mass is 248 g/mol. The number of nitrogen functional groups attached to an aromatic ring is 2. The predicted molar refractivity (Wildman–Crippen MR) is 73.3 cm³/mol. The number of nitrogens with zero attached hydrogens (tertiary/aromatic N) is 2. The molecule has 1 aromatic rings. The topological polar surface area (TPSA) is 75.6 Å². The van der Waals surface area contributed by atoms with Crippen molar-refractivity contribution >= 4 is 17.3 Å². The highest BCUT2D eigenvalue weighted by Gasteiger charge is 2.25. The average molecular weight is 248 g/mol. The molecule has 0 radical (unpaired) electrons. The van der Waals surface area contributed by atoms with Crippen molar-refractivity contribution in [3.8, 4) is 0 Å². The maximum atomic E-state index is 12.4. The Bertz CT molecular complexity index is 440. The van der Waals surface area contributed by atoms with Crippen molar-refractivity contribution in [2.75, 3.05) is 38.1 Å². The Morgan fingerprint density at radius 1 is 1.22 bits per heavy atom.